The molecule has 0 spiro atoms. The minimum absolute atomic E-state index is 0.589. The number of hydrogen-bond donors (Lipinski definition) is 0. The molecule has 0 saturated heterocycles. The molecule has 0 fully saturated rings. The van der Waals surface area contributed by atoms with Gasteiger partial charge in [0, 0.05) is 33.0 Å². The molecule has 0 saturated carbocycles. The van der Waals surface area contributed by atoms with Crippen molar-refractivity contribution in [2.75, 3.05) is 0 Å². The van der Waals surface area contributed by atoms with Gasteiger partial charge in [-0.3, -0.25) is 0 Å². The van der Waals surface area contributed by atoms with Crippen molar-refractivity contribution in [2.24, 2.45) is 0 Å². The molecule has 0 bridgehead atoms. The number of benzene rings is 8. The summed E-state index contributed by atoms with van der Waals surface area (Å²) in [5, 5.41) is 4.38. The molecule has 2 aromatic heterocycles. The Bertz CT molecular complexity index is 2810. The van der Waals surface area contributed by atoms with E-state index in [2.05, 4.69) is 164 Å². The average molecular weight is 678 g/mol. The molecule has 2 heterocycles. The van der Waals surface area contributed by atoms with Crippen LogP contribution in [0.2, 0.25) is 0 Å². The molecule has 0 aliphatic carbocycles. The predicted molar refractivity (Wildman–Crippen MR) is 217 cm³/mol. The highest BCUT2D eigenvalue weighted by Gasteiger charge is 2.21. The Morgan fingerprint density at radius 2 is 0.792 bits per heavy atom. The Hall–Kier alpha value is -7.17. The first-order valence-electron chi connectivity index (χ1n) is 17.8. The van der Waals surface area contributed by atoms with Crippen molar-refractivity contribution in [3.8, 4) is 67.5 Å². The summed E-state index contributed by atoms with van der Waals surface area (Å²) >= 11 is 0. The molecule has 4 heteroatoms. The number of hydrogen-bond acceptors (Lipinski definition) is 4. The summed E-state index contributed by atoms with van der Waals surface area (Å²) in [6.07, 6.45) is 0. The minimum Gasteiger partial charge on any atom is -0.455 e. The molecule has 4 nitrogen and oxygen atoms in total. The lowest BCUT2D eigenvalue weighted by molar-refractivity contribution is 0.670. The van der Waals surface area contributed by atoms with Gasteiger partial charge in [-0.05, 0) is 62.9 Å². The highest BCUT2D eigenvalue weighted by atomic mass is 16.3. The SMILES string of the molecule is c1ccc(-c2ccc(-c3nc(-c4ccc(-c5ccccc5)cc4)nc(-c4ccc(-c5ccc6ccccc6c5)c5oc6ccccc6c45)n3)cc2)cc1. The standard InChI is InChI=1S/C49H31N3O/c1-3-11-32(12-4-1)35-19-24-37(25-20-35)47-50-48(38-26-21-36(22-27-38)33-13-5-2-6-14-33)52-49(51-47)43-30-29-41(40-28-23-34-15-7-8-16-39(34)31-40)46-45(43)42-17-9-10-18-44(42)53-46/h1-31H. The molecule has 0 radical (unpaired) electrons. The number of aromatic nitrogens is 3. The van der Waals surface area contributed by atoms with Crippen molar-refractivity contribution in [1.29, 1.82) is 0 Å². The van der Waals surface area contributed by atoms with E-state index < -0.39 is 0 Å². The second kappa shape index (κ2) is 12.9. The van der Waals surface area contributed by atoms with Crippen molar-refractivity contribution in [1.82, 2.24) is 15.0 Å². The molecule has 0 atom stereocenters. The van der Waals surface area contributed by atoms with E-state index in [4.69, 9.17) is 19.4 Å². The Labute approximate surface area is 306 Å². The third-order valence-corrected chi connectivity index (χ3v) is 9.96. The summed E-state index contributed by atoms with van der Waals surface area (Å²) in [7, 11) is 0. The molecule has 10 aromatic rings. The van der Waals surface area contributed by atoms with Gasteiger partial charge in [0.25, 0.3) is 0 Å². The van der Waals surface area contributed by atoms with Crippen LogP contribution in [-0.4, -0.2) is 15.0 Å². The lowest BCUT2D eigenvalue weighted by atomic mass is 9.96. The zero-order chi connectivity index (χ0) is 35.1. The molecule has 0 amide bonds. The van der Waals surface area contributed by atoms with Crippen LogP contribution in [0.3, 0.4) is 0 Å². The van der Waals surface area contributed by atoms with Gasteiger partial charge in [0.2, 0.25) is 0 Å². The topological polar surface area (TPSA) is 51.8 Å². The van der Waals surface area contributed by atoms with E-state index in [1.165, 1.54) is 10.8 Å². The normalized spacial score (nSPS) is 11.4. The number of furan rings is 1. The summed E-state index contributed by atoms with van der Waals surface area (Å²) in [6, 6.07) is 65.1. The maximum absolute atomic E-state index is 6.68. The molecule has 0 unspecified atom stereocenters. The van der Waals surface area contributed by atoms with E-state index in [1.54, 1.807) is 0 Å². The Morgan fingerprint density at radius 1 is 0.321 bits per heavy atom. The zero-order valence-electron chi connectivity index (χ0n) is 28.6. The van der Waals surface area contributed by atoms with Crippen LogP contribution in [0.5, 0.6) is 0 Å². The van der Waals surface area contributed by atoms with Crippen LogP contribution in [0.25, 0.3) is 100 Å². The number of fused-ring (bicyclic) bond motifs is 4. The highest BCUT2D eigenvalue weighted by Crippen LogP contribution is 2.42. The second-order valence-electron chi connectivity index (χ2n) is 13.2. The van der Waals surface area contributed by atoms with Gasteiger partial charge in [-0.15, -0.1) is 0 Å². The third-order valence-electron chi connectivity index (χ3n) is 9.96. The highest BCUT2D eigenvalue weighted by molar-refractivity contribution is 6.16. The average Bonchev–Trinajstić information content (AvgIpc) is 3.64. The van der Waals surface area contributed by atoms with Crippen molar-refractivity contribution < 1.29 is 4.42 Å². The van der Waals surface area contributed by atoms with Crippen LogP contribution < -0.4 is 0 Å². The Balaban J connectivity index is 1.16. The molecular formula is C49H31N3O. The van der Waals surface area contributed by atoms with E-state index in [0.29, 0.717) is 17.5 Å². The van der Waals surface area contributed by atoms with Gasteiger partial charge in [0.05, 0.1) is 0 Å². The maximum Gasteiger partial charge on any atom is 0.164 e. The lowest BCUT2D eigenvalue weighted by Crippen LogP contribution is -2.00. The van der Waals surface area contributed by atoms with E-state index in [1.807, 2.05) is 24.3 Å². The molecule has 0 aliphatic rings. The first-order valence-corrected chi connectivity index (χ1v) is 17.8. The molecule has 0 N–H and O–H groups in total. The predicted octanol–water partition coefficient (Wildman–Crippen LogP) is 12.9. The number of nitrogens with zero attached hydrogens (tertiary/aromatic N) is 3. The van der Waals surface area contributed by atoms with E-state index >= 15 is 0 Å². The van der Waals surface area contributed by atoms with E-state index in [-0.39, 0.29) is 0 Å². The van der Waals surface area contributed by atoms with Crippen LogP contribution in [0.1, 0.15) is 0 Å². The van der Waals surface area contributed by atoms with Gasteiger partial charge in [-0.25, -0.2) is 15.0 Å². The number of para-hydroxylation sites is 1. The van der Waals surface area contributed by atoms with Gasteiger partial charge in [0.1, 0.15) is 11.2 Å². The van der Waals surface area contributed by atoms with Crippen molar-refractivity contribution >= 4 is 32.7 Å². The minimum atomic E-state index is 0.589. The Morgan fingerprint density at radius 3 is 1.43 bits per heavy atom. The van der Waals surface area contributed by atoms with E-state index in [9.17, 15) is 0 Å². The summed E-state index contributed by atoms with van der Waals surface area (Å²) in [5.74, 6) is 1.80. The maximum atomic E-state index is 6.68. The van der Waals surface area contributed by atoms with Crippen molar-refractivity contribution in [2.45, 2.75) is 0 Å². The summed E-state index contributed by atoms with van der Waals surface area (Å²) in [5.41, 5.74) is 11.1. The third kappa shape index (κ3) is 5.63. The van der Waals surface area contributed by atoms with Gasteiger partial charge in [-0.2, -0.15) is 0 Å². The fraction of sp³-hybridized carbons (Fsp3) is 0. The Kier molecular flexibility index (Phi) is 7.43. The molecule has 0 aliphatic heterocycles. The summed E-state index contributed by atoms with van der Waals surface area (Å²) in [6.45, 7) is 0. The largest absolute Gasteiger partial charge is 0.455 e. The lowest BCUT2D eigenvalue weighted by Gasteiger charge is -2.12. The quantitative estimate of drug-likeness (QED) is 0.176. The zero-order valence-corrected chi connectivity index (χ0v) is 28.6. The van der Waals surface area contributed by atoms with Gasteiger partial charge >= 0.3 is 0 Å². The fourth-order valence-corrected chi connectivity index (χ4v) is 7.24. The van der Waals surface area contributed by atoms with Crippen molar-refractivity contribution in [3.05, 3.63) is 188 Å². The molecular weight excluding hydrogens is 647 g/mol. The molecule has 10 rings (SSSR count). The summed E-state index contributed by atoms with van der Waals surface area (Å²) < 4.78 is 6.68. The monoisotopic (exact) mass is 677 g/mol. The smallest absolute Gasteiger partial charge is 0.164 e. The van der Waals surface area contributed by atoms with Crippen LogP contribution in [-0.2, 0) is 0 Å². The van der Waals surface area contributed by atoms with Crippen molar-refractivity contribution in [3.63, 3.8) is 0 Å². The molecule has 53 heavy (non-hydrogen) atoms. The fourth-order valence-electron chi connectivity index (χ4n) is 7.24. The van der Waals surface area contributed by atoms with Crippen LogP contribution in [0, 0.1) is 0 Å². The second-order valence-corrected chi connectivity index (χ2v) is 13.2. The van der Waals surface area contributed by atoms with Crippen LogP contribution in [0.15, 0.2) is 192 Å². The number of rotatable bonds is 6. The first kappa shape index (κ1) is 30.6. The van der Waals surface area contributed by atoms with Gasteiger partial charge in [0.15, 0.2) is 17.5 Å². The van der Waals surface area contributed by atoms with Gasteiger partial charge < -0.3 is 4.42 Å². The van der Waals surface area contributed by atoms with Crippen LogP contribution >= 0.6 is 0 Å². The summed E-state index contributed by atoms with van der Waals surface area (Å²) in [4.78, 5) is 15.4. The molecule has 248 valence electrons. The molecule has 8 aromatic carbocycles. The first-order chi connectivity index (χ1) is 26.2. The van der Waals surface area contributed by atoms with Crippen LogP contribution in [0.4, 0.5) is 0 Å². The van der Waals surface area contributed by atoms with Gasteiger partial charge in [-0.1, -0.05) is 164 Å². The van der Waals surface area contributed by atoms with E-state index in [0.717, 1.165) is 72.0 Å².